The lowest BCUT2D eigenvalue weighted by atomic mass is 10.2. The maximum Gasteiger partial charge on any atom is 0.324 e. The number of nitriles is 1. The molecule has 3 amide bonds. The molecule has 0 fully saturated rings. The molecular weight excluding hydrogens is 388 g/mol. The summed E-state index contributed by atoms with van der Waals surface area (Å²) < 4.78 is 5.25. The normalized spacial score (nSPS) is 9.90. The number of hydrogen-bond donors (Lipinski definition) is 3. The van der Waals surface area contributed by atoms with Gasteiger partial charge in [-0.3, -0.25) is 10.1 Å². The second kappa shape index (κ2) is 9.92. The number of rotatable bonds is 7. The number of para-hydroxylation sites is 1. The Balaban J connectivity index is 1.51. The summed E-state index contributed by atoms with van der Waals surface area (Å²) in [6, 6.07) is 21.1. The van der Waals surface area contributed by atoms with Crippen LogP contribution in [-0.4, -0.2) is 18.5 Å². The van der Waals surface area contributed by atoms with Crippen LogP contribution in [0, 0.1) is 11.3 Å². The van der Waals surface area contributed by atoms with Crippen LogP contribution in [0.5, 0.6) is 5.75 Å². The van der Waals surface area contributed by atoms with Gasteiger partial charge in [0.25, 0.3) is 5.91 Å². The van der Waals surface area contributed by atoms with Gasteiger partial charge in [0.1, 0.15) is 11.8 Å². The third-order valence-electron chi connectivity index (χ3n) is 3.75. The van der Waals surface area contributed by atoms with Crippen LogP contribution >= 0.6 is 11.3 Å². The number of amides is 3. The van der Waals surface area contributed by atoms with Gasteiger partial charge in [-0.25, -0.2) is 4.79 Å². The van der Waals surface area contributed by atoms with E-state index in [1.54, 1.807) is 42.5 Å². The number of urea groups is 1. The van der Waals surface area contributed by atoms with E-state index in [-0.39, 0.29) is 18.5 Å². The summed E-state index contributed by atoms with van der Waals surface area (Å²) in [6.45, 7) is 0.288. The Kier molecular flexibility index (Phi) is 6.81. The summed E-state index contributed by atoms with van der Waals surface area (Å²) in [4.78, 5) is 24.9. The molecule has 0 aliphatic carbocycles. The molecule has 0 spiro atoms. The molecule has 0 bridgehead atoms. The zero-order valence-corrected chi connectivity index (χ0v) is 16.2. The number of hydrogen-bond acceptors (Lipinski definition) is 5. The maximum absolute atomic E-state index is 12.4. The topological polar surface area (TPSA) is 103 Å². The van der Waals surface area contributed by atoms with Gasteiger partial charge in [-0.15, -0.1) is 11.3 Å². The SMILES string of the molecule is N#CCOc1cccc(CNC(=O)c2ccc(NC(=O)Nc3ccccc3)s2)c1. The van der Waals surface area contributed by atoms with Crippen LogP contribution in [0.4, 0.5) is 15.5 Å². The van der Waals surface area contributed by atoms with Gasteiger partial charge in [0.2, 0.25) is 0 Å². The average Bonchev–Trinajstić information content (AvgIpc) is 3.20. The van der Waals surface area contributed by atoms with Crippen molar-refractivity contribution in [3.05, 3.63) is 77.2 Å². The first-order chi connectivity index (χ1) is 14.1. The van der Waals surface area contributed by atoms with Gasteiger partial charge in [0.15, 0.2) is 6.61 Å². The van der Waals surface area contributed by atoms with Crippen molar-refractivity contribution in [2.45, 2.75) is 6.54 Å². The van der Waals surface area contributed by atoms with Crippen molar-refractivity contribution in [3.63, 3.8) is 0 Å². The standard InChI is InChI=1S/C21H18N4O3S/c22-11-12-28-17-8-4-5-15(13-17)14-23-20(26)18-9-10-19(29-18)25-21(27)24-16-6-2-1-3-7-16/h1-10,13H,12,14H2,(H,23,26)(H2,24,25,27). The number of nitrogens with one attached hydrogen (secondary N) is 3. The molecule has 0 aliphatic heterocycles. The van der Waals surface area contributed by atoms with Crippen molar-refractivity contribution < 1.29 is 14.3 Å². The molecule has 3 rings (SSSR count). The Morgan fingerprint density at radius 2 is 1.83 bits per heavy atom. The predicted molar refractivity (Wildman–Crippen MR) is 112 cm³/mol. The zero-order valence-electron chi connectivity index (χ0n) is 15.3. The Morgan fingerprint density at radius 3 is 2.62 bits per heavy atom. The summed E-state index contributed by atoms with van der Waals surface area (Å²) in [7, 11) is 0. The van der Waals surface area contributed by atoms with E-state index in [1.165, 1.54) is 11.3 Å². The first-order valence-electron chi connectivity index (χ1n) is 8.74. The van der Waals surface area contributed by atoms with E-state index in [0.29, 0.717) is 27.9 Å². The van der Waals surface area contributed by atoms with Gasteiger partial charge < -0.3 is 15.4 Å². The van der Waals surface area contributed by atoms with E-state index < -0.39 is 0 Å². The lowest BCUT2D eigenvalue weighted by Crippen LogP contribution is -2.21. The Hall–Kier alpha value is -3.83. The van der Waals surface area contributed by atoms with E-state index in [0.717, 1.165) is 5.56 Å². The van der Waals surface area contributed by atoms with Crippen molar-refractivity contribution in [2.24, 2.45) is 0 Å². The Labute approximate surface area is 171 Å². The predicted octanol–water partition coefficient (Wildman–Crippen LogP) is 4.22. The van der Waals surface area contributed by atoms with Crippen LogP contribution in [0.15, 0.2) is 66.7 Å². The molecule has 0 unspecified atom stereocenters. The molecule has 1 aromatic heterocycles. The molecule has 0 saturated heterocycles. The number of ether oxygens (including phenoxy) is 1. The lowest BCUT2D eigenvalue weighted by Gasteiger charge is -2.07. The van der Waals surface area contributed by atoms with Crippen LogP contribution in [0.2, 0.25) is 0 Å². The van der Waals surface area contributed by atoms with Gasteiger partial charge in [-0.05, 0) is 42.0 Å². The largest absolute Gasteiger partial charge is 0.479 e. The highest BCUT2D eigenvalue weighted by Crippen LogP contribution is 2.22. The smallest absolute Gasteiger partial charge is 0.324 e. The first-order valence-corrected chi connectivity index (χ1v) is 9.55. The summed E-state index contributed by atoms with van der Waals surface area (Å²) in [5, 5.41) is 17.4. The highest BCUT2D eigenvalue weighted by Gasteiger charge is 2.11. The molecule has 0 saturated carbocycles. The molecule has 3 aromatic rings. The number of carbonyl (C=O) groups is 2. The fourth-order valence-corrected chi connectivity index (χ4v) is 3.27. The van der Waals surface area contributed by atoms with Gasteiger partial charge in [0, 0.05) is 12.2 Å². The van der Waals surface area contributed by atoms with Crippen molar-refractivity contribution in [3.8, 4) is 11.8 Å². The van der Waals surface area contributed by atoms with Crippen molar-refractivity contribution in [2.75, 3.05) is 17.2 Å². The number of thiophene rings is 1. The quantitative estimate of drug-likeness (QED) is 0.546. The molecule has 1 heterocycles. The van der Waals surface area contributed by atoms with Gasteiger partial charge in [0.05, 0.1) is 9.88 Å². The van der Waals surface area contributed by atoms with Crippen LogP contribution < -0.4 is 20.7 Å². The van der Waals surface area contributed by atoms with E-state index in [1.807, 2.05) is 30.3 Å². The third kappa shape index (κ3) is 6.09. The van der Waals surface area contributed by atoms with Crippen LogP contribution in [-0.2, 0) is 6.54 Å². The number of carbonyl (C=O) groups excluding carboxylic acids is 2. The van der Waals surface area contributed by atoms with E-state index in [2.05, 4.69) is 16.0 Å². The molecule has 8 heteroatoms. The lowest BCUT2D eigenvalue weighted by molar-refractivity contribution is 0.0955. The van der Waals surface area contributed by atoms with E-state index in [9.17, 15) is 9.59 Å². The molecule has 0 radical (unpaired) electrons. The summed E-state index contributed by atoms with van der Waals surface area (Å²) in [5.74, 6) is 0.334. The number of nitrogens with zero attached hydrogens (tertiary/aromatic N) is 1. The monoisotopic (exact) mass is 406 g/mol. The average molecular weight is 406 g/mol. The first kappa shape index (κ1) is 19.9. The minimum atomic E-state index is -0.376. The van der Waals surface area contributed by atoms with Crippen molar-refractivity contribution >= 4 is 34.0 Å². The maximum atomic E-state index is 12.4. The summed E-state index contributed by atoms with van der Waals surface area (Å²) >= 11 is 1.18. The van der Waals surface area contributed by atoms with E-state index in [4.69, 9.17) is 10.00 Å². The molecule has 2 aromatic carbocycles. The molecule has 3 N–H and O–H groups in total. The molecule has 0 aliphatic rings. The van der Waals surface area contributed by atoms with Gasteiger partial charge in [-0.2, -0.15) is 5.26 Å². The molecule has 146 valence electrons. The number of anilines is 2. The Bertz CT molecular complexity index is 1030. The molecule has 7 nitrogen and oxygen atoms in total. The highest BCUT2D eigenvalue weighted by molar-refractivity contribution is 7.18. The summed E-state index contributed by atoms with van der Waals surface area (Å²) in [6.07, 6.45) is 0. The summed E-state index contributed by atoms with van der Waals surface area (Å²) in [5.41, 5.74) is 1.53. The minimum Gasteiger partial charge on any atom is -0.479 e. The third-order valence-corrected chi connectivity index (χ3v) is 4.75. The van der Waals surface area contributed by atoms with Crippen LogP contribution in [0.1, 0.15) is 15.2 Å². The second-order valence-electron chi connectivity index (χ2n) is 5.89. The Morgan fingerprint density at radius 1 is 1.00 bits per heavy atom. The molecule has 0 atom stereocenters. The molecule has 29 heavy (non-hydrogen) atoms. The number of benzene rings is 2. The molecular formula is C21H18N4O3S. The zero-order chi connectivity index (χ0) is 20.5. The van der Waals surface area contributed by atoms with Gasteiger partial charge in [-0.1, -0.05) is 30.3 Å². The highest BCUT2D eigenvalue weighted by atomic mass is 32.1. The van der Waals surface area contributed by atoms with Crippen LogP contribution in [0.25, 0.3) is 0 Å². The van der Waals surface area contributed by atoms with Crippen molar-refractivity contribution in [1.82, 2.24) is 5.32 Å². The fourth-order valence-electron chi connectivity index (χ4n) is 2.45. The van der Waals surface area contributed by atoms with E-state index >= 15 is 0 Å². The minimum absolute atomic E-state index is 0.0291. The van der Waals surface area contributed by atoms with Crippen LogP contribution in [0.3, 0.4) is 0 Å². The van der Waals surface area contributed by atoms with Gasteiger partial charge >= 0.3 is 6.03 Å². The second-order valence-corrected chi connectivity index (χ2v) is 6.97. The van der Waals surface area contributed by atoms with Crippen molar-refractivity contribution in [1.29, 1.82) is 5.26 Å². The fraction of sp³-hybridized carbons (Fsp3) is 0.0952.